The van der Waals surface area contributed by atoms with Crippen LogP contribution in [0.25, 0.3) is 0 Å². The van der Waals surface area contributed by atoms with E-state index in [1.54, 1.807) is 0 Å². The first-order valence-corrected chi connectivity index (χ1v) is 8.24. The quantitative estimate of drug-likeness (QED) is 0.845. The fourth-order valence-corrected chi connectivity index (χ4v) is 3.64. The maximum Gasteiger partial charge on any atom is 0.0417 e. The maximum absolute atomic E-state index is 3.81. The van der Waals surface area contributed by atoms with Gasteiger partial charge in [-0.15, -0.1) is 0 Å². The van der Waals surface area contributed by atoms with E-state index in [9.17, 15) is 0 Å². The van der Waals surface area contributed by atoms with Crippen LogP contribution < -0.4 is 5.32 Å². The SMILES string of the molecule is CC(C)CCC(C)NC1CSCc2ccccc21. The molecular formula is C16H25NS. The van der Waals surface area contributed by atoms with E-state index in [0.29, 0.717) is 12.1 Å². The number of hydrogen-bond donors (Lipinski definition) is 1. The Balaban J connectivity index is 1.94. The molecule has 1 heterocycles. The van der Waals surface area contributed by atoms with Crippen LogP contribution in [0.3, 0.4) is 0 Å². The molecule has 0 aliphatic carbocycles. The van der Waals surface area contributed by atoms with Crippen molar-refractivity contribution in [3.8, 4) is 0 Å². The standard InChI is InChI=1S/C16H25NS/c1-12(2)8-9-13(3)17-16-11-18-10-14-6-4-5-7-15(14)16/h4-7,12-13,16-17H,8-11H2,1-3H3. The normalized spacial score (nSPS) is 20.8. The van der Waals surface area contributed by atoms with Gasteiger partial charge >= 0.3 is 0 Å². The van der Waals surface area contributed by atoms with Gasteiger partial charge in [-0.1, -0.05) is 38.1 Å². The Morgan fingerprint density at radius 2 is 2.00 bits per heavy atom. The lowest BCUT2D eigenvalue weighted by atomic mass is 9.99. The zero-order valence-corrected chi connectivity index (χ0v) is 12.6. The molecule has 0 bridgehead atoms. The molecule has 1 nitrogen and oxygen atoms in total. The lowest BCUT2D eigenvalue weighted by molar-refractivity contribution is 0.418. The molecule has 0 saturated heterocycles. The Morgan fingerprint density at radius 1 is 1.22 bits per heavy atom. The molecule has 1 aliphatic rings. The van der Waals surface area contributed by atoms with Gasteiger partial charge in [0.1, 0.15) is 0 Å². The molecule has 0 radical (unpaired) electrons. The summed E-state index contributed by atoms with van der Waals surface area (Å²) >= 11 is 2.05. The van der Waals surface area contributed by atoms with Crippen molar-refractivity contribution in [1.82, 2.24) is 5.32 Å². The molecule has 2 heteroatoms. The topological polar surface area (TPSA) is 12.0 Å². The molecule has 1 aliphatic heterocycles. The van der Waals surface area contributed by atoms with E-state index >= 15 is 0 Å². The number of thioether (sulfide) groups is 1. The first-order valence-electron chi connectivity index (χ1n) is 7.08. The molecule has 0 spiro atoms. The Bertz CT molecular complexity index is 375. The minimum absolute atomic E-state index is 0.544. The van der Waals surface area contributed by atoms with Crippen molar-refractivity contribution in [2.45, 2.75) is 51.4 Å². The van der Waals surface area contributed by atoms with Crippen molar-refractivity contribution >= 4 is 11.8 Å². The van der Waals surface area contributed by atoms with Crippen LogP contribution in [0.5, 0.6) is 0 Å². The predicted octanol–water partition coefficient (Wildman–Crippen LogP) is 4.39. The van der Waals surface area contributed by atoms with E-state index in [2.05, 4.69) is 50.4 Å². The van der Waals surface area contributed by atoms with Gasteiger partial charge in [0, 0.05) is 23.6 Å². The molecule has 0 aromatic heterocycles. The zero-order chi connectivity index (χ0) is 13.0. The molecule has 2 atom stereocenters. The average molecular weight is 263 g/mol. The van der Waals surface area contributed by atoms with Crippen LogP contribution in [-0.4, -0.2) is 11.8 Å². The number of rotatable bonds is 5. The third-order valence-corrected chi connectivity index (χ3v) is 4.72. The van der Waals surface area contributed by atoms with Crippen molar-refractivity contribution in [3.63, 3.8) is 0 Å². The Morgan fingerprint density at radius 3 is 2.78 bits per heavy atom. The molecule has 2 unspecified atom stereocenters. The monoisotopic (exact) mass is 263 g/mol. The summed E-state index contributed by atoms with van der Waals surface area (Å²) in [7, 11) is 0. The second-order valence-corrected chi connectivity index (χ2v) is 6.84. The molecule has 1 aromatic rings. The van der Waals surface area contributed by atoms with Crippen LogP contribution in [0, 0.1) is 5.92 Å². The summed E-state index contributed by atoms with van der Waals surface area (Å²) in [6.45, 7) is 6.93. The predicted molar refractivity (Wildman–Crippen MR) is 82.0 cm³/mol. The van der Waals surface area contributed by atoms with Gasteiger partial charge in [0.15, 0.2) is 0 Å². The van der Waals surface area contributed by atoms with E-state index < -0.39 is 0 Å². The van der Waals surface area contributed by atoms with E-state index in [4.69, 9.17) is 0 Å². The summed E-state index contributed by atoms with van der Waals surface area (Å²) in [4.78, 5) is 0. The van der Waals surface area contributed by atoms with Gasteiger partial charge in [0.05, 0.1) is 0 Å². The van der Waals surface area contributed by atoms with Crippen LogP contribution in [0.2, 0.25) is 0 Å². The Hall–Kier alpha value is -0.470. The first-order chi connectivity index (χ1) is 8.66. The Kier molecular flexibility index (Phi) is 5.13. The molecule has 0 fully saturated rings. The van der Waals surface area contributed by atoms with Gasteiger partial charge in [-0.2, -0.15) is 11.8 Å². The van der Waals surface area contributed by atoms with Gasteiger partial charge in [-0.05, 0) is 36.8 Å². The fourth-order valence-electron chi connectivity index (χ4n) is 2.53. The molecule has 2 rings (SSSR count). The minimum atomic E-state index is 0.544. The summed E-state index contributed by atoms with van der Waals surface area (Å²) in [6.07, 6.45) is 2.59. The first kappa shape index (κ1) is 14.0. The van der Waals surface area contributed by atoms with Gasteiger partial charge in [0.25, 0.3) is 0 Å². The lowest BCUT2D eigenvalue weighted by Gasteiger charge is -2.29. The molecular weight excluding hydrogens is 238 g/mol. The van der Waals surface area contributed by atoms with Gasteiger partial charge in [0.2, 0.25) is 0 Å². The summed E-state index contributed by atoms with van der Waals surface area (Å²) in [5, 5.41) is 3.81. The maximum atomic E-state index is 3.81. The molecule has 0 amide bonds. The second-order valence-electron chi connectivity index (χ2n) is 5.81. The van der Waals surface area contributed by atoms with E-state index in [1.807, 2.05) is 11.8 Å². The fraction of sp³-hybridized carbons (Fsp3) is 0.625. The molecule has 18 heavy (non-hydrogen) atoms. The second kappa shape index (κ2) is 6.63. The summed E-state index contributed by atoms with van der Waals surface area (Å²) in [5.74, 6) is 3.19. The minimum Gasteiger partial charge on any atom is -0.307 e. The number of benzene rings is 1. The summed E-state index contributed by atoms with van der Waals surface area (Å²) < 4.78 is 0. The van der Waals surface area contributed by atoms with Crippen molar-refractivity contribution < 1.29 is 0 Å². The van der Waals surface area contributed by atoms with Crippen LogP contribution in [-0.2, 0) is 5.75 Å². The highest BCUT2D eigenvalue weighted by Gasteiger charge is 2.21. The average Bonchev–Trinajstić information content (AvgIpc) is 2.37. The van der Waals surface area contributed by atoms with E-state index in [0.717, 1.165) is 5.92 Å². The van der Waals surface area contributed by atoms with Crippen LogP contribution in [0.4, 0.5) is 0 Å². The number of nitrogens with one attached hydrogen (secondary N) is 1. The van der Waals surface area contributed by atoms with Gasteiger partial charge < -0.3 is 5.32 Å². The summed E-state index contributed by atoms with van der Waals surface area (Å²) in [6, 6.07) is 10.1. The van der Waals surface area contributed by atoms with Crippen LogP contribution in [0.15, 0.2) is 24.3 Å². The largest absolute Gasteiger partial charge is 0.307 e. The van der Waals surface area contributed by atoms with Crippen molar-refractivity contribution in [2.75, 3.05) is 5.75 Å². The van der Waals surface area contributed by atoms with Crippen molar-refractivity contribution in [2.24, 2.45) is 5.92 Å². The third-order valence-electron chi connectivity index (χ3n) is 3.64. The van der Waals surface area contributed by atoms with Crippen molar-refractivity contribution in [1.29, 1.82) is 0 Å². The smallest absolute Gasteiger partial charge is 0.0417 e. The van der Waals surface area contributed by atoms with Gasteiger partial charge in [-0.25, -0.2) is 0 Å². The summed E-state index contributed by atoms with van der Waals surface area (Å²) in [5.41, 5.74) is 3.04. The molecule has 1 aromatic carbocycles. The van der Waals surface area contributed by atoms with Crippen LogP contribution >= 0.6 is 11.8 Å². The van der Waals surface area contributed by atoms with Crippen LogP contribution in [0.1, 0.15) is 50.8 Å². The Labute approximate surface area is 116 Å². The third kappa shape index (κ3) is 3.76. The molecule has 0 saturated carbocycles. The van der Waals surface area contributed by atoms with Gasteiger partial charge in [-0.3, -0.25) is 0 Å². The lowest BCUT2D eigenvalue weighted by Crippen LogP contribution is -2.34. The van der Waals surface area contributed by atoms with Crippen molar-refractivity contribution in [3.05, 3.63) is 35.4 Å². The zero-order valence-electron chi connectivity index (χ0n) is 11.8. The number of hydrogen-bond acceptors (Lipinski definition) is 2. The van der Waals surface area contributed by atoms with E-state index in [-0.39, 0.29) is 0 Å². The molecule has 100 valence electrons. The highest BCUT2D eigenvalue weighted by atomic mass is 32.2. The molecule has 1 N–H and O–H groups in total. The number of fused-ring (bicyclic) bond motifs is 1. The highest BCUT2D eigenvalue weighted by molar-refractivity contribution is 7.98. The highest BCUT2D eigenvalue weighted by Crippen LogP contribution is 2.31. The van der Waals surface area contributed by atoms with E-state index in [1.165, 1.54) is 35.5 Å².